The normalized spacial score (nSPS) is 12.0. The van der Waals surface area contributed by atoms with Crippen molar-refractivity contribution in [1.29, 1.82) is 0 Å². The topological polar surface area (TPSA) is 87.6 Å². The van der Waals surface area contributed by atoms with E-state index in [0.717, 1.165) is 11.5 Å². The van der Waals surface area contributed by atoms with Crippen molar-refractivity contribution in [2.45, 2.75) is 33.5 Å². The van der Waals surface area contributed by atoms with E-state index < -0.39 is 12.0 Å². The largest absolute Gasteiger partial charge is 0.484 e. The quantitative estimate of drug-likeness (QED) is 0.880. The molecule has 1 aromatic carbocycles. The van der Waals surface area contributed by atoms with Crippen molar-refractivity contribution in [2.75, 3.05) is 0 Å². The molecule has 0 bridgehead atoms. The first-order valence-corrected chi connectivity index (χ1v) is 6.57. The summed E-state index contributed by atoms with van der Waals surface area (Å²) < 4.78 is 16.3. The van der Waals surface area contributed by atoms with Gasteiger partial charge in [0.25, 0.3) is 5.91 Å². The molecule has 6 heteroatoms. The molecule has 1 aromatic heterocycles. The molecule has 2 N–H and O–H groups in total. The molecule has 1 amide bonds. The Hall–Kier alpha value is -2.50. The molecule has 0 unspecified atom stereocenters. The van der Waals surface area contributed by atoms with Crippen LogP contribution < -0.4 is 15.2 Å². The fourth-order valence-corrected chi connectivity index (χ4v) is 1.62. The van der Waals surface area contributed by atoms with Crippen molar-refractivity contribution in [3.8, 4) is 11.5 Å². The average molecular weight is 290 g/mol. The molecule has 112 valence electrons. The number of hydrogen-bond acceptors (Lipinski definition) is 5. The molecule has 2 aromatic rings. The fraction of sp³-hybridized carbons (Fsp3) is 0.333. The fourth-order valence-electron chi connectivity index (χ4n) is 1.62. The minimum Gasteiger partial charge on any atom is -0.484 e. The average Bonchev–Trinajstić information content (AvgIpc) is 2.77. The maximum atomic E-state index is 10.9. The van der Waals surface area contributed by atoms with Gasteiger partial charge < -0.3 is 19.6 Å². The summed E-state index contributed by atoms with van der Waals surface area (Å²) in [5.41, 5.74) is 5.99. The number of aromatic nitrogens is 1. The van der Waals surface area contributed by atoms with Gasteiger partial charge in [-0.05, 0) is 45.0 Å². The molecule has 0 radical (unpaired) electrons. The molecule has 0 saturated heterocycles. The molecule has 1 atom stereocenters. The number of carbonyl (C=O) groups excluding carboxylic acids is 1. The number of rotatable bonds is 6. The van der Waals surface area contributed by atoms with Gasteiger partial charge in [0.1, 0.15) is 17.3 Å². The summed E-state index contributed by atoms with van der Waals surface area (Å²) in [7, 11) is 0. The van der Waals surface area contributed by atoms with Crippen LogP contribution in [-0.4, -0.2) is 17.0 Å². The van der Waals surface area contributed by atoms with Crippen LogP contribution >= 0.6 is 0 Å². The van der Waals surface area contributed by atoms with Gasteiger partial charge in [-0.3, -0.25) is 4.79 Å². The molecule has 0 saturated carbocycles. The van der Waals surface area contributed by atoms with Gasteiger partial charge in [0.05, 0.1) is 5.69 Å². The van der Waals surface area contributed by atoms with Gasteiger partial charge in [0.15, 0.2) is 12.7 Å². The summed E-state index contributed by atoms with van der Waals surface area (Å²) in [6.45, 7) is 5.60. The predicted octanol–water partition coefficient (Wildman–Crippen LogP) is 2.12. The molecular weight excluding hydrogens is 272 g/mol. The summed E-state index contributed by atoms with van der Waals surface area (Å²) in [6.07, 6.45) is -0.671. The minimum atomic E-state index is -0.671. The third-order valence-electron chi connectivity index (χ3n) is 2.97. The highest BCUT2D eigenvalue weighted by Crippen LogP contribution is 2.20. The van der Waals surface area contributed by atoms with Crippen LogP contribution in [0, 0.1) is 13.8 Å². The third-order valence-corrected chi connectivity index (χ3v) is 2.97. The zero-order valence-corrected chi connectivity index (χ0v) is 12.3. The Balaban J connectivity index is 1.91. The number of benzene rings is 1. The number of primary amides is 1. The van der Waals surface area contributed by atoms with Crippen molar-refractivity contribution < 1.29 is 18.7 Å². The highest BCUT2D eigenvalue weighted by Gasteiger charge is 2.10. The van der Waals surface area contributed by atoms with Gasteiger partial charge in [-0.15, -0.1) is 0 Å². The van der Waals surface area contributed by atoms with Gasteiger partial charge in [0, 0.05) is 0 Å². The highest BCUT2D eigenvalue weighted by molar-refractivity contribution is 5.78. The van der Waals surface area contributed by atoms with E-state index in [-0.39, 0.29) is 6.61 Å². The summed E-state index contributed by atoms with van der Waals surface area (Å²) in [4.78, 5) is 15.1. The van der Waals surface area contributed by atoms with Gasteiger partial charge >= 0.3 is 0 Å². The Labute approximate surface area is 122 Å². The lowest BCUT2D eigenvalue weighted by molar-refractivity contribution is -0.123. The van der Waals surface area contributed by atoms with E-state index in [2.05, 4.69) is 4.98 Å². The van der Waals surface area contributed by atoms with Crippen molar-refractivity contribution in [3.63, 3.8) is 0 Å². The Morgan fingerprint density at radius 2 is 1.90 bits per heavy atom. The second kappa shape index (κ2) is 6.30. The highest BCUT2D eigenvalue weighted by atomic mass is 16.5. The summed E-state index contributed by atoms with van der Waals surface area (Å²) >= 11 is 0. The molecule has 0 aliphatic carbocycles. The Morgan fingerprint density at radius 3 is 2.43 bits per heavy atom. The van der Waals surface area contributed by atoms with E-state index in [0.29, 0.717) is 17.4 Å². The lowest BCUT2D eigenvalue weighted by Gasteiger charge is -2.11. The van der Waals surface area contributed by atoms with E-state index in [1.54, 1.807) is 31.2 Å². The molecule has 0 fully saturated rings. The van der Waals surface area contributed by atoms with E-state index in [9.17, 15) is 4.79 Å². The minimum absolute atomic E-state index is 0.257. The van der Waals surface area contributed by atoms with Gasteiger partial charge in [-0.1, -0.05) is 0 Å². The predicted molar refractivity (Wildman–Crippen MR) is 76.0 cm³/mol. The van der Waals surface area contributed by atoms with Crippen LogP contribution in [-0.2, 0) is 11.4 Å². The first-order valence-electron chi connectivity index (χ1n) is 6.57. The second-order valence-corrected chi connectivity index (χ2v) is 4.67. The molecule has 21 heavy (non-hydrogen) atoms. The third kappa shape index (κ3) is 3.98. The number of nitrogens with zero attached hydrogens (tertiary/aromatic N) is 1. The van der Waals surface area contributed by atoms with Crippen LogP contribution in [0.5, 0.6) is 11.5 Å². The lowest BCUT2D eigenvalue weighted by Crippen LogP contribution is -2.30. The Morgan fingerprint density at radius 1 is 1.29 bits per heavy atom. The molecule has 1 heterocycles. The van der Waals surface area contributed by atoms with Crippen LogP contribution in [0.4, 0.5) is 0 Å². The van der Waals surface area contributed by atoms with Crippen LogP contribution in [0.3, 0.4) is 0 Å². The zero-order chi connectivity index (χ0) is 15.4. The molecule has 0 aliphatic rings. The van der Waals surface area contributed by atoms with E-state index >= 15 is 0 Å². The standard InChI is InChI=1S/C15H18N2O4/c1-9-10(2)21-14(17-9)8-19-12-4-6-13(7-5-12)20-11(3)15(16)18/h4-7,11H,8H2,1-3H3,(H2,16,18)/t11-/m1/s1. The first kappa shape index (κ1) is 14.9. The Kier molecular flexibility index (Phi) is 4.47. The first-order chi connectivity index (χ1) is 9.95. The Bertz CT molecular complexity index is 600. The number of amides is 1. The van der Waals surface area contributed by atoms with E-state index in [1.165, 1.54) is 0 Å². The van der Waals surface area contributed by atoms with Crippen LogP contribution in [0.2, 0.25) is 0 Å². The van der Waals surface area contributed by atoms with Crippen molar-refractivity contribution >= 4 is 5.91 Å². The number of aryl methyl sites for hydroxylation is 2. The number of hydrogen-bond donors (Lipinski definition) is 1. The molecule has 6 nitrogen and oxygen atoms in total. The van der Waals surface area contributed by atoms with E-state index in [1.807, 2.05) is 13.8 Å². The van der Waals surface area contributed by atoms with Crippen LogP contribution in [0.1, 0.15) is 24.3 Å². The second-order valence-electron chi connectivity index (χ2n) is 4.67. The van der Waals surface area contributed by atoms with Crippen molar-refractivity contribution in [1.82, 2.24) is 4.98 Å². The number of ether oxygens (including phenoxy) is 2. The molecular formula is C15H18N2O4. The zero-order valence-electron chi connectivity index (χ0n) is 12.3. The maximum Gasteiger partial charge on any atom is 0.258 e. The van der Waals surface area contributed by atoms with Gasteiger partial charge in [-0.25, -0.2) is 4.98 Å². The van der Waals surface area contributed by atoms with Gasteiger partial charge in [-0.2, -0.15) is 0 Å². The maximum absolute atomic E-state index is 10.9. The molecule has 2 rings (SSSR count). The SMILES string of the molecule is Cc1nc(COc2ccc(O[C@H](C)C(N)=O)cc2)oc1C. The number of carbonyl (C=O) groups is 1. The van der Waals surface area contributed by atoms with Crippen molar-refractivity contribution in [3.05, 3.63) is 41.6 Å². The monoisotopic (exact) mass is 290 g/mol. The number of oxazole rings is 1. The summed E-state index contributed by atoms with van der Waals surface area (Å²) in [5, 5.41) is 0. The summed E-state index contributed by atoms with van der Waals surface area (Å²) in [5.74, 6) is 2.02. The van der Waals surface area contributed by atoms with Gasteiger partial charge in [0.2, 0.25) is 5.89 Å². The van der Waals surface area contributed by atoms with E-state index in [4.69, 9.17) is 19.6 Å². The van der Waals surface area contributed by atoms with Crippen molar-refractivity contribution in [2.24, 2.45) is 5.73 Å². The lowest BCUT2D eigenvalue weighted by atomic mass is 10.3. The smallest absolute Gasteiger partial charge is 0.258 e. The van der Waals surface area contributed by atoms with Crippen LogP contribution in [0.25, 0.3) is 0 Å². The molecule has 0 spiro atoms. The summed E-state index contributed by atoms with van der Waals surface area (Å²) in [6, 6.07) is 6.90. The number of nitrogens with two attached hydrogens (primary N) is 1. The molecule has 0 aliphatic heterocycles. The van der Waals surface area contributed by atoms with Crippen LogP contribution in [0.15, 0.2) is 28.7 Å².